The Morgan fingerprint density at radius 2 is 2.15 bits per heavy atom. The van der Waals surface area contributed by atoms with E-state index in [1.807, 2.05) is 37.4 Å². The summed E-state index contributed by atoms with van der Waals surface area (Å²) in [5, 5.41) is 0.794. The fourth-order valence-corrected chi connectivity index (χ4v) is 3.39. The molecule has 0 saturated carbocycles. The minimum Gasteiger partial charge on any atom is -0.323 e. The van der Waals surface area contributed by atoms with Crippen LogP contribution in [0.4, 0.5) is 0 Å². The Morgan fingerprint density at radius 3 is 3.00 bits per heavy atom. The van der Waals surface area contributed by atoms with Crippen LogP contribution in [0.5, 0.6) is 0 Å². The van der Waals surface area contributed by atoms with Gasteiger partial charge in [0, 0.05) is 28.9 Å². The zero-order valence-electron chi connectivity index (χ0n) is 11.6. The Morgan fingerprint density at radius 1 is 1.30 bits per heavy atom. The van der Waals surface area contributed by atoms with Gasteiger partial charge in [-0.25, -0.2) is 0 Å². The second-order valence-electron chi connectivity index (χ2n) is 5.55. The van der Waals surface area contributed by atoms with E-state index < -0.39 is 0 Å². The second kappa shape index (κ2) is 5.55. The van der Waals surface area contributed by atoms with E-state index in [0.717, 1.165) is 34.7 Å². The van der Waals surface area contributed by atoms with Gasteiger partial charge in [-0.15, -0.1) is 0 Å². The van der Waals surface area contributed by atoms with Crippen molar-refractivity contribution >= 4 is 11.6 Å². The van der Waals surface area contributed by atoms with Gasteiger partial charge < -0.3 is 5.73 Å². The van der Waals surface area contributed by atoms with Crippen molar-refractivity contribution in [3.63, 3.8) is 0 Å². The summed E-state index contributed by atoms with van der Waals surface area (Å²) in [6.07, 6.45) is 5.21. The Hall–Kier alpha value is -1.38. The maximum atomic E-state index is 6.53. The van der Waals surface area contributed by atoms with Gasteiger partial charge in [-0.2, -0.15) is 0 Å². The van der Waals surface area contributed by atoms with Gasteiger partial charge in [-0.1, -0.05) is 35.9 Å². The molecule has 104 valence electrons. The molecule has 0 bridgehead atoms. The Balaban J connectivity index is 2.00. The molecular weight excluding hydrogens is 268 g/mol. The van der Waals surface area contributed by atoms with Gasteiger partial charge in [0.05, 0.1) is 0 Å². The van der Waals surface area contributed by atoms with Crippen molar-refractivity contribution in [2.24, 2.45) is 5.73 Å². The van der Waals surface area contributed by atoms with Crippen molar-refractivity contribution in [2.75, 3.05) is 0 Å². The third-order valence-electron chi connectivity index (χ3n) is 4.25. The number of halogens is 1. The minimum atomic E-state index is -0.0867. The average molecular weight is 287 g/mol. The first-order chi connectivity index (χ1) is 9.68. The van der Waals surface area contributed by atoms with E-state index in [9.17, 15) is 0 Å². The molecule has 0 fully saturated rings. The number of fused-ring (bicyclic) bond motifs is 1. The first kappa shape index (κ1) is 13.6. The SMILES string of the molecule is Cc1cccc(C(N)C2CCCc3cccnc32)c1Cl. The molecule has 3 rings (SSSR count). The monoisotopic (exact) mass is 286 g/mol. The van der Waals surface area contributed by atoms with Gasteiger partial charge in [0.2, 0.25) is 0 Å². The number of rotatable bonds is 2. The number of hydrogen-bond acceptors (Lipinski definition) is 2. The van der Waals surface area contributed by atoms with Crippen LogP contribution in [-0.4, -0.2) is 4.98 Å². The predicted octanol–water partition coefficient (Wildman–Crippen LogP) is 4.16. The van der Waals surface area contributed by atoms with Gasteiger partial charge in [0.1, 0.15) is 0 Å². The van der Waals surface area contributed by atoms with E-state index >= 15 is 0 Å². The number of hydrogen-bond donors (Lipinski definition) is 1. The quantitative estimate of drug-likeness (QED) is 0.900. The number of benzene rings is 1. The van der Waals surface area contributed by atoms with Crippen molar-refractivity contribution in [1.29, 1.82) is 0 Å². The fourth-order valence-electron chi connectivity index (χ4n) is 3.14. The zero-order chi connectivity index (χ0) is 14.1. The molecule has 0 radical (unpaired) electrons. The maximum Gasteiger partial charge on any atom is 0.0485 e. The summed E-state index contributed by atoms with van der Waals surface area (Å²) in [5.41, 5.74) is 11.1. The van der Waals surface area contributed by atoms with Crippen LogP contribution in [0.25, 0.3) is 0 Å². The smallest absolute Gasteiger partial charge is 0.0485 e. The van der Waals surface area contributed by atoms with Gasteiger partial charge in [-0.05, 0) is 48.9 Å². The number of nitrogens with zero attached hydrogens (tertiary/aromatic N) is 1. The van der Waals surface area contributed by atoms with Crippen molar-refractivity contribution in [3.8, 4) is 0 Å². The second-order valence-corrected chi connectivity index (χ2v) is 5.93. The third kappa shape index (κ3) is 2.34. The van der Waals surface area contributed by atoms with Crippen LogP contribution < -0.4 is 5.73 Å². The largest absolute Gasteiger partial charge is 0.323 e. The lowest BCUT2D eigenvalue weighted by Crippen LogP contribution is -2.25. The molecule has 0 amide bonds. The van der Waals surface area contributed by atoms with Crippen LogP contribution in [0.2, 0.25) is 5.02 Å². The van der Waals surface area contributed by atoms with Gasteiger partial charge in [0.25, 0.3) is 0 Å². The molecule has 2 unspecified atom stereocenters. The van der Waals surface area contributed by atoms with Crippen molar-refractivity contribution < 1.29 is 0 Å². The molecule has 1 heterocycles. The van der Waals surface area contributed by atoms with E-state index in [4.69, 9.17) is 17.3 Å². The van der Waals surface area contributed by atoms with Crippen LogP contribution in [0, 0.1) is 6.92 Å². The number of aromatic nitrogens is 1. The summed E-state index contributed by atoms with van der Waals surface area (Å²) in [5.74, 6) is 0.263. The fraction of sp³-hybridized carbons (Fsp3) is 0.353. The summed E-state index contributed by atoms with van der Waals surface area (Å²) in [6, 6.07) is 10.2. The molecule has 2 aromatic rings. The Labute approximate surface area is 125 Å². The summed E-state index contributed by atoms with van der Waals surface area (Å²) in [4.78, 5) is 4.58. The first-order valence-corrected chi connectivity index (χ1v) is 7.50. The van der Waals surface area contributed by atoms with Crippen molar-refractivity contribution in [1.82, 2.24) is 4.98 Å². The molecule has 2 N–H and O–H groups in total. The highest BCUT2D eigenvalue weighted by molar-refractivity contribution is 6.32. The van der Waals surface area contributed by atoms with Crippen molar-refractivity contribution in [3.05, 3.63) is 63.9 Å². The van der Waals surface area contributed by atoms with Crippen LogP contribution in [-0.2, 0) is 6.42 Å². The highest BCUT2D eigenvalue weighted by atomic mass is 35.5. The van der Waals surface area contributed by atoms with Crippen LogP contribution >= 0.6 is 11.6 Å². The third-order valence-corrected chi connectivity index (χ3v) is 4.77. The molecule has 1 aromatic heterocycles. The number of aryl methyl sites for hydroxylation is 2. The van der Waals surface area contributed by atoms with Crippen molar-refractivity contribution in [2.45, 2.75) is 38.1 Å². The Kier molecular flexibility index (Phi) is 3.77. The molecule has 2 nitrogen and oxygen atoms in total. The van der Waals surface area contributed by atoms with Crippen LogP contribution in [0.3, 0.4) is 0 Å². The molecule has 0 saturated heterocycles. The van der Waals surface area contributed by atoms with E-state index in [1.165, 1.54) is 12.0 Å². The minimum absolute atomic E-state index is 0.0867. The summed E-state index contributed by atoms with van der Waals surface area (Å²) >= 11 is 6.43. The van der Waals surface area contributed by atoms with Crippen LogP contribution in [0.15, 0.2) is 36.5 Å². The summed E-state index contributed by atoms with van der Waals surface area (Å²) in [7, 11) is 0. The zero-order valence-corrected chi connectivity index (χ0v) is 12.4. The van der Waals surface area contributed by atoms with Gasteiger partial charge in [0.15, 0.2) is 0 Å². The molecule has 1 aliphatic carbocycles. The number of nitrogens with two attached hydrogens (primary N) is 1. The lowest BCUT2D eigenvalue weighted by atomic mass is 9.80. The van der Waals surface area contributed by atoms with E-state index in [0.29, 0.717) is 0 Å². The highest BCUT2D eigenvalue weighted by Crippen LogP contribution is 2.40. The maximum absolute atomic E-state index is 6.53. The lowest BCUT2D eigenvalue weighted by Gasteiger charge is -2.30. The normalized spacial score (nSPS) is 19.4. The molecule has 0 aliphatic heterocycles. The van der Waals surface area contributed by atoms with E-state index in [1.54, 1.807) is 0 Å². The molecule has 2 atom stereocenters. The molecule has 1 aromatic carbocycles. The average Bonchev–Trinajstić information content (AvgIpc) is 2.49. The lowest BCUT2D eigenvalue weighted by molar-refractivity contribution is 0.463. The summed E-state index contributed by atoms with van der Waals surface area (Å²) < 4.78 is 0. The molecular formula is C17H19ClN2. The van der Waals surface area contributed by atoms with E-state index in [2.05, 4.69) is 11.1 Å². The van der Waals surface area contributed by atoms with Gasteiger partial charge in [-0.3, -0.25) is 4.98 Å². The molecule has 3 heteroatoms. The molecule has 20 heavy (non-hydrogen) atoms. The summed E-state index contributed by atoms with van der Waals surface area (Å²) in [6.45, 7) is 2.02. The molecule has 1 aliphatic rings. The predicted molar refractivity (Wildman–Crippen MR) is 83.0 cm³/mol. The first-order valence-electron chi connectivity index (χ1n) is 7.13. The van der Waals surface area contributed by atoms with Crippen LogP contribution in [0.1, 0.15) is 47.2 Å². The number of pyridine rings is 1. The van der Waals surface area contributed by atoms with E-state index in [-0.39, 0.29) is 12.0 Å². The standard InChI is InChI=1S/C17H19ClN2/c1-11-5-2-8-13(15(11)18)16(19)14-9-3-6-12-7-4-10-20-17(12)14/h2,4-5,7-8,10,14,16H,3,6,9,19H2,1H3. The highest BCUT2D eigenvalue weighted by Gasteiger charge is 2.28. The Bertz CT molecular complexity index is 624. The topological polar surface area (TPSA) is 38.9 Å². The van der Waals surface area contributed by atoms with Gasteiger partial charge >= 0.3 is 0 Å². The molecule has 0 spiro atoms.